The lowest BCUT2D eigenvalue weighted by Crippen LogP contribution is -2.35. The molecule has 1 aromatic rings. The summed E-state index contributed by atoms with van der Waals surface area (Å²) in [4.78, 5) is 15.1. The van der Waals surface area contributed by atoms with Crippen LogP contribution in [0.4, 0.5) is 18.9 Å². The summed E-state index contributed by atoms with van der Waals surface area (Å²) in [7, 11) is 0. The smallest absolute Gasteiger partial charge is 0.406 e. The van der Waals surface area contributed by atoms with E-state index in [2.05, 4.69) is 14.5 Å². The Bertz CT molecular complexity index is 622. The summed E-state index contributed by atoms with van der Waals surface area (Å²) in [5.41, 5.74) is 3.58. The molecule has 0 aliphatic carbocycles. The van der Waals surface area contributed by atoms with Gasteiger partial charge in [0.25, 0.3) is 0 Å². The molecule has 0 fully saturated rings. The first-order valence-electron chi connectivity index (χ1n) is 7.84. The van der Waals surface area contributed by atoms with E-state index >= 15 is 0 Å². The second-order valence-corrected chi connectivity index (χ2v) is 6.26. The summed E-state index contributed by atoms with van der Waals surface area (Å²) in [6, 6.07) is 6.21. The van der Waals surface area contributed by atoms with E-state index in [4.69, 9.17) is 0 Å². The maximum absolute atomic E-state index is 12.2. The van der Waals surface area contributed by atoms with Crippen molar-refractivity contribution in [2.45, 2.75) is 25.7 Å². The van der Waals surface area contributed by atoms with E-state index in [0.717, 1.165) is 38.2 Å². The largest absolute Gasteiger partial charge is 0.573 e. The number of hydrogen-bond acceptors (Lipinski definition) is 4. The monoisotopic (exact) mass is 340 g/mol. The average molecular weight is 340 g/mol. The number of aldehydes is 1. The van der Waals surface area contributed by atoms with Crippen LogP contribution in [0, 0.1) is 0 Å². The normalized spacial score (nSPS) is 19.6. The van der Waals surface area contributed by atoms with Crippen molar-refractivity contribution in [3.63, 3.8) is 0 Å². The number of carbonyl (C=O) groups is 1. The standard InChI is InChI=1S/C17H19F3N2O2/c1-12(6-7-23)21-8-13-10-22(11-14(13)9-21)15-2-4-16(5-3-15)24-17(18,19)20/h2-5,7,12H,6,8-11H2,1H3. The van der Waals surface area contributed by atoms with Gasteiger partial charge < -0.3 is 14.4 Å². The SMILES string of the molecule is CC(CC=O)N1CC2=C(CN(c3ccc(OC(F)(F)F)cc3)C2)C1. The van der Waals surface area contributed by atoms with Crippen LogP contribution in [0.5, 0.6) is 5.75 Å². The Balaban J connectivity index is 1.58. The lowest BCUT2D eigenvalue weighted by Gasteiger charge is -2.27. The Morgan fingerprint density at radius 2 is 1.71 bits per heavy atom. The van der Waals surface area contributed by atoms with Gasteiger partial charge in [-0.3, -0.25) is 4.90 Å². The minimum atomic E-state index is -4.67. The van der Waals surface area contributed by atoms with E-state index in [-0.39, 0.29) is 11.8 Å². The summed E-state index contributed by atoms with van der Waals surface area (Å²) >= 11 is 0. The number of carbonyl (C=O) groups excluding carboxylic acids is 1. The summed E-state index contributed by atoms with van der Waals surface area (Å²) < 4.78 is 40.5. The molecule has 0 spiro atoms. The van der Waals surface area contributed by atoms with Crippen molar-refractivity contribution in [2.24, 2.45) is 0 Å². The van der Waals surface area contributed by atoms with Crippen molar-refractivity contribution in [2.75, 3.05) is 31.1 Å². The zero-order valence-electron chi connectivity index (χ0n) is 13.3. The fourth-order valence-corrected chi connectivity index (χ4v) is 3.25. The predicted molar refractivity (Wildman–Crippen MR) is 84.1 cm³/mol. The predicted octanol–water partition coefficient (Wildman–Crippen LogP) is 2.99. The molecule has 0 bridgehead atoms. The second kappa shape index (κ2) is 6.47. The highest BCUT2D eigenvalue weighted by Gasteiger charge is 2.33. The second-order valence-electron chi connectivity index (χ2n) is 6.26. The van der Waals surface area contributed by atoms with Crippen molar-refractivity contribution in [1.29, 1.82) is 0 Å². The molecule has 1 atom stereocenters. The minimum absolute atomic E-state index is 0.209. The van der Waals surface area contributed by atoms with Gasteiger partial charge in [-0.1, -0.05) is 0 Å². The van der Waals surface area contributed by atoms with Gasteiger partial charge in [0.05, 0.1) is 0 Å². The van der Waals surface area contributed by atoms with Crippen molar-refractivity contribution in [3.05, 3.63) is 35.4 Å². The first-order valence-corrected chi connectivity index (χ1v) is 7.84. The number of halogens is 3. The number of rotatable bonds is 5. The van der Waals surface area contributed by atoms with Crippen LogP contribution in [0.2, 0.25) is 0 Å². The van der Waals surface area contributed by atoms with Crippen molar-refractivity contribution < 1.29 is 22.7 Å². The quantitative estimate of drug-likeness (QED) is 0.609. The van der Waals surface area contributed by atoms with Gasteiger partial charge in [-0.25, -0.2) is 0 Å². The van der Waals surface area contributed by atoms with E-state index in [9.17, 15) is 18.0 Å². The van der Waals surface area contributed by atoms with Gasteiger partial charge in [0.15, 0.2) is 0 Å². The maximum atomic E-state index is 12.2. The molecule has 2 aliphatic heterocycles. The lowest BCUT2D eigenvalue weighted by atomic mass is 10.2. The first kappa shape index (κ1) is 16.8. The van der Waals surface area contributed by atoms with Crippen molar-refractivity contribution >= 4 is 12.0 Å². The van der Waals surface area contributed by atoms with Gasteiger partial charge in [-0.15, -0.1) is 13.2 Å². The van der Waals surface area contributed by atoms with E-state index < -0.39 is 6.36 Å². The molecular formula is C17H19F3N2O2. The molecule has 0 saturated carbocycles. The molecule has 3 rings (SSSR count). The van der Waals surface area contributed by atoms with Crippen LogP contribution in [0.15, 0.2) is 35.4 Å². The first-order chi connectivity index (χ1) is 11.4. The third kappa shape index (κ3) is 3.72. The van der Waals surface area contributed by atoms with Gasteiger partial charge in [0.1, 0.15) is 12.0 Å². The molecule has 1 aromatic carbocycles. The summed E-state index contributed by atoms with van der Waals surface area (Å²) in [6.07, 6.45) is -3.19. The number of nitrogens with zero attached hydrogens (tertiary/aromatic N) is 2. The van der Waals surface area contributed by atoms with Crippen molar-refractivity contribution in [3.8, 4) is 5.75 Å². The molecule has 2 heterocycles. The van der Waals surface area contributed by atoms with E-state index in [1.807, 2.05) is 6.92 Å². The van der Waals surface area contributed by atoms with Crippen LogP contribution in [0.3, 0.4) is 0 Å². The van der Waals surface area contributed by atoms with Crippen LogP contribution in [-0.4, -0.2) is 49.8 Å². The Morgan fingerprint density at radius 3 is 2.21 bits per heavy atom. The van der Waals surface area contributed by atoms with Gasteiger partial charge in [0, 0.05) is 44.3 Å². The van der Waals surface area contributed by atoms with Gasteiger partial charge in [-0.05, 0) is 42.3 Å². The molecule has 0 aromatic heterocycles. The summed E-state index contributed by atoms with van der Waals surface area (Å²) in [6.45, 7) is 5.32. The maximum Gasteiger partial charge on any atom is 0.573 e. The third-order valence-electron chi connectivity index (χ3n) is 4.55. The van der Waals surface area contributed by atoms with E-state index in [1.165, 1.54) is 23.3 Å². The van der Waals surface area contributed by atoms with Crippen LogP contribution in [-0.2, 0) is 4.79 Å². The number of benzene rings is 1. The van der Waals surface area contributed by atoms with Gasteiger partial charge in [-0.2, -0.15) is 0 Å². The average Bonchev–Trinajstić information content (AvgIpc) is 3.05. The number of alkyl halides is 3. The molecule has 1 unspecified atom stereocenters. The van der Waals surface area contributed by atoms with Gasteiger partial charge in [0.2, 0.25) is 0 Å². The minimum Gasteiger partial charge on any atom is -0.406 e. The lowest BCUT2D eigenvalue weighted by molar-refractivity contribution is -0.274. The summed E-state index contributed by atoms with van der Waals surface area (Å²) in [5.74, 6) is -0.209. The van der Waals surface area contributed by atoms with E-state index in [1.54, 1.807) is 12.1 Å². The summed E-state index contributed by atoms with van der Waals surface area (Å²) in [5, 5.41) is 0. The molecule has 130 valence electrons. The van der Waals surface area contributed by atoms with Gasteiger partial charge >= 0.3 is 6.36 Å². The highest BCUT2D eigenvalue weighted by atomic mass is 19.4. The number of anilines is 1. The fourth-order valence-electron chi connectivity index (χ4n) is 3.25. The van der Waals surface area contributed by atoms with Crippen LogP contribution < -0.4 is 9.64 Å². The number of ether oxygens (including phenoxy) is 1. The Kier molecular flexibility index (Phi) is 4.54. The zero-order valence-corrected chi connectivity index (χ0v) is 13.3. The molecule has 2 aliphatic rings. The van der Waals surface area contributed by atoms with Crippen LogP contribution >= 0.6 is 0 Å². The van der Waals surface area contributed by atoms with E-state index in [0.29, 0.717) is 6.42 Å². The fraction of sp³-hybridized carbons (Fsp3) is 0.471. The highest BCUT2D eigenvalue weighted by molar-refractivity contribution is 5.55. The zero-order chi connectivity index (χ0) is 17.3. The molecular weight excluding hydrogens is 321 g/mol. The molecule has 4 nitrogen and oxygen atoms in total. The molecule has 0 N–H and O–H groups in total. The Hall–Kier alpha value is -2.02. The van der Waals surface area contributed by atoms with Crippen LogP contribution in [0.25, 0.3) is 0 Å². The highest BCUT2D eigenvalue weighted by Crippen LogP contribution is 2.32. The molecule has 0 saturated heterocycles. The molecule has 24 heavy (non-hydrogen) atoms. The number of hydrogen-bond donors (Lipinski definition) is 0. The molecule has 0 radical (unpaired) electrons. The Morgan fingerprint density at radius 1 is 1.12 bits per heavy atom. The van der Waals surface area contributed by atoms with Crippen molar-refractivity contribution in [1.82, 2.24) is 4.90 Å². The van der Waals surface area contributed by atoms with Crippen LogP contribution in [0.1, 0.15) is 13.3 Å². The molecule has 7 heteroatoms. The third-order valence-corrected chi connectivity index (χ3v) is 4.55. The Labute approximate surface area is 138 Å². The molecule has 0 amide bonds. The topological polar surface area (TPSA) is 32.8 Å².